The Kier molecular flexibility index (Phi) is 3.94. The van der Waals surface area contributed by atoms with Crippen molar-refractivity contribution in [2.75, 3.05) is 20.1 Å². The van der Waals surface area contributed by atoms with Gasteiger partial charge in [0.15, 0.2) is 0 Å². The van der Waals surface area contributed by atoms with Crippen molar-refractivity contribution < 1.29 is 0 Å². The zero-order chi connectivity index (χ0) is 14.2. The lowest BCUT2D eigenvalue weighted by atomic mass is 9.60. The van der Waals surface area contributed by atoms with Crippen LogP contribution in [0.3, 0.4) is 0 Å². The molecule has 3 aliphatic rings. The van der Waals surface area contributed by atoms with Crippen molar-refractivity contribution in [1.82, 2.24) is 10.2 Å². The summed E-state index contributed by atoms with van der Waals surface area (Å²) in [6, 6.07) is 0.727. The van der Waals surface area contributed by atoms with Crippen molar-refractivity contribution in [3.05, 3.63) is 23.4 Å². The monoisotopic (exact) mass is 274 g/mol. The molecule has 2 heteroatoms. The van der Waals surface area contributed by atoms with Gasteiger partial charge in [-0.2, -0.15) is 0 Å². The largest absolute Gasteiger partial charge is 0.382 e. The van der Waals surface area contributed by atoms with Gasteiger partial charge in [-0.3, -0.25) is 0 Å². The average Bonchev–Trinajstić information content (AvgIpc) is 2.40. The number of hydrogen-bond acceptors (Lipinski definition) is 2. The zero-order valence-electron chi connectivity index (χ0n) is 13.4. The Hall–Kier alpha value is -0.760. The fourth-order valence-electron chi connectivity index (χ4n) is 4.19. The summed E-state index contributed by atoms with van der Waals surface area (Å²) in [6.07, 6.45) is 12.9. The number of piperidine rings is 1. The van der Waals surface area contributed by atoms with E-state index in [1.54, 1.807) is 5.57 Å². The van der Waals surface area contributed by atoms with E-state index in [9.17, 15) is 0 Å². The van der Waals surface area contributed by atoms with Crippen molar-refractivity contribution >= 4 is 0 Å². The van der Waals surface area contributed by atoms with Crippen molar-refractivity contribution in [2.45, 2.75) is 58.4 Å². The van der Waals surface area contributed by atoms with Gasteiger partial charge in [0, 0.05) is 11.7 Å². The van der Waals surface area contributed by atoms with E-state index in [4.69, 9.17) is 0 Å². The molecule has 1 heterocycles. The average molecular weight is 274 g/mol. The molecule has 0 aromatic heterocycles. The zero-order valence-corrected chi connectivity index (χ0v) is 13.4. The molecule has 0 aromatic rings. The van der Waals surface area contributed by atoms with Crippen LogP contribution in [-0.2, 0) is 0 Å². The van der Waals surface area contributed by atoms with Crippen LogP contribution in [0.25, 0.3) is 0 Å². The Morgan fingerprint density at radius 3 is 2.45 bits per heavy atom. The summed E-state index contributed by atoms with van der Waals surface area (Å²) in [6.45, 7) is 7.22. The molecule has 1 N–H and O–H groups in total. The highest BCUT2D eigenvalue weighted by molar-refractivity contribution is 5.34. The molecule has 1 saturated carbocycles. The highest BCUT2D eigenvalue weighted by Gasteiger charge is 2.45. The lowest BCUT2D eigenvalue weighted by Gasteiger charge is -2.52. The van der Waals surface area contributed by atoms with E-state index < -0.39 is 0 Å². The number of nitrogens with zero attached hydrogens (tertiary/aromatic N) is 1. The van der Waals surface area contributed by atoms with Gasteiger partial charge < -0.3 is 10.2 Å². The van der Waals surface area contributed by atoms with Crippen LogP contribution in [0.4, 0.5) is 0 Å². The lowest BCUT2D eigenvalue weighted by Crippen LogP contribution is -2.53. The van der Waals surface area contributed by atoms with Crippen LogP contribution >= 0.6 is 0 Å². The summed E-state index contributed by atoms with van der Waals surface area (Å²) in [7, 11) is 2.26. The molecule has 1 saturated heterocycles. The normalized spacial score (nSPS) is 27.2. The second-order valence-corrected chi connectivity index (χ2v) is 7.56. The van der Waals surface area contributed by atoms with Gasteiger partial charge in [-0.1, -0.05) is 26.0 Å². The van der Waals surface area contributed by atoms with Gasteiger partial charge in [-0.15, -0.1) is 0 Å². The highest BCUT2D eigenvalue weighted by Crippen LogP contribution is 2.49. The predicted octanol–water partition coefficient (Wildman–Crippen LogP) is 3.71. The van der Waals surface area contributed by atoms with Gasteiger partial charge in [-0.25, -0.2) is 0 Å². The summed E-state index contributed by atoms with van der Waals surface area (Å²) in [5.41, 5.74) is 3.67. The van der Waals surface area contributed by atoms with Crippen LogP contribution in [0.5, 0.6) is 0 Å². The molecular weight excluding hydrogens is 244 g/mol. The maximum atomic E-state index is 3.85. The Morgan fingerprint density at radius 2 is 1.80 bits per heavy atom. The molecule has 2 fully saturated rings. The molecule has 0 bridgehead atoms. The van der Waals surface area contributed by atoms with Crippen molar-refractivity contribution in [3.8, 4) is 0 Å². The third-order valence-corrected chi connectivity index (χ3v) is 5.58. The molecule has 3 rings (SSSR count). The van der Waals surface area contributed by atoms with Gasteiger partial charge >= 0.3 is 0 Å². The minimum atomic E-state index is 0.645. The SMILES string of the molecule is CC(C)C1=CCCC=C1NC1CC2(CCN(C)CC2)C1. The second-order valence-electron chi connectivity index (χ2n) is 7.56. The summed E-state index contributed by atoms with van der Waals surface area (Å²) >= 11 is 0. The first kappa shape index (κ1) is 14.2. The standard InChI is InChI=1S/C18H30N2/c1-14(2)16-6-4-5-7-17(16)19-15-12-18(13-15)8-10-20(3)11-9-18/h6-7,14-15,19H,4-5,8-13H2,1-3H3. The molecule has 112 valence electrons. The predicted molar refractivity (Wildman–Crippen MR) is 85.6 cm³/mol. The third-order valence-electron chi connectivity index (χ3n) is 5.58. The number of nitrogens with one attached hydrogen (secondary N) is 1. The fraction of sp³-hybridized carbons (Fsp3) is 0.778. The molecule has 0 amide bonds. The van der Waals surface area contributed by atoms with Crippen LogP contribution in [-0.4, -0.2) is 31.1 Å². The number of hydrogen-bond donors (Lipinski definition) is 1. The minimum Gasteiger partial charge on any atom is -0.382 e. The molecular formula is C18H30N2. The number of rotatable bonds is 3. The molecule has 1 aliphatic heterocycles. The fourth-order valence-corrected chi connectivity index (χ4v) is 4.19. The maximum absolute atomic E-state index is 3.85. The van der Waals surface area contributed by atoms with Gasteiger partial charge in [-0.05, 0) is 75.6 Å². The summed E-state index contributed by atoms with van der Waals surface area (Å²) in [5.74, 6) is 0.645. The first-order valence-electron chi connectivity index (χ1n) is 8.44. The molecule has 0 unspecified atom stereocenters. The topological polar surface area (TPSA) is 15.3 Å². The van der Waals surface area contributed by atoms with Crippen LogP contribution < -0.4 is 5.32 Å². The Morgan fingerprint density at radius 1 is 1.15 bits per heavy atom. The van der Waals surface area contributed by atoms with E-state index in [2.05, 4.69) is 43.3 Å². The summed E-state index contributed by atoms with van der Waals surface area (Å²) < 4.78 is 0. The molecule has 2 aliphatic carbocycles. The Bertz CT molecular complexity index is 403. The van der Waals surface area contributed by atoms with Crippen molar-refractivity contribution in [3.63, 3.8) is 0 Å². The first-order valence-corrected chi connectivity index (χ1v) is 8.44. The summed E-state index contributed by atoms with van der Waals surface area (Å²) in [4.78, 5) is 2.48. The van der Waals surface area contributed by atoms with E-state index in [0.29, 0.717) is 11.3 Å². The van der Waals surface area contributed by atoms with Crippen LogP contribution in [0.15, 0.2) is 23.4 Å². The quantitative estimate of drug-likeness (QED) is 0.844. The van der Waals surface area contributed by atoms with E-state index in [1.807, 2.05) is 0 Å². The molecule has 2 nitrogen and oxygen atoms in total. The lowest BCUT2D eigenvalue weighted by molar-refractivity contribution is 0.0169. The summed E-state index contributed by atoms with van der Waals surface area (Å²) in [5, 5.41) is 3.85. The van der Waals surface area contributed by atoms with Crippen molar-refractivity contribution in [2.24, 2.45) is 11.3 Å². The molecule has 0 aromatic carbocycles. The van der Waals surface area contributed by atoms with Crippen LogP contribution in [0.2, 0.25) is 0 Å². The Balaban J connectivity index is 1.54. The van der Waals surface area contributed by atoms with Gasteiger partial charge in [0.05, 0.1) is 0 Å². The van der Waals surface area contributed by atoms with Crippen LogP contribution in [0, 0.1) is 11.3 Å². The molecule has 1 spiro atoms. The maximum Gasteiger partial charge on any atom is 0.0333 e. The smallest absolute Gasteiger partial charge is 0.0333 e. The van der Waals surface area contributed by atoms with E-state index in [-0.39, 0.29) is 0 Å². The van der Waals surface area contributed by atoms with Crippen molar-refractivity contribution in [1.29, 1.82) is 0 Å². The van der Waals surface area contributed by atoms with Gasteiger partial charge in [0.25, 0.3) is 0 Å². The van der Waals surface area contributed by atoms with Gasteiger partial charge in [0.1, 0.15) is 0 Å². The number of allylic oxidation sites excluding steroid dienone is 3. The molecule has 0 atom stereocenters. The minimum absolute atomic E-state index is 0.645. The highest BCUT2D eigenvalue weighted by atomic mass is 15.1. The Labute approximate surface area is 124 Å². The molecule has 20 heavy (non-hydrogen) atoms. The van der Waals surface area contributed by atoms with E-state index >= 15 is 0 Å². The first-order chi connectivity index (χ1) is 9.58. The molecule has 0 radical (unpaired) electrons. The number of likely N-dealkylation sites (tertiary alicyclic amines) is 1. The van der Waals surface area contributed by atoms with E-state index in [1.165, 1.54) is 57.3 Å². The van der Waals surface area contributed by atoms with E-state index in [0.717, 1.165) is 6.04 Å². The van der Waals surface area contributed by atoms with Crippen LogP contribution in [0.1, 0.15) is 52.4 Å². The second kappa shape index (κ2) is 5.55. The third kappa shape index (κ3) is 2.81. The van der Waals surface area contributed by atoms with Gasteiger partial charge in [0.2, 0.25) is 0 Å².